The van der Waals surface area contributed by atoms with Crippen molar-refractivity contribution in [3.05, 3.63) is 53.0 Å². The van der Waals surface area contributed by atoms with E-state index in [0.717, 1.165) is 29.9 Å². The van der Waals surface area contributed by atoms with E-state index in [9.17, 15) is 4.79 Å². The van der Waals surface area contributed by atoms with E-state index in [4.69, 9.17) is 4.42 Å². The first kappa shape index (κ1) is 17.1. The lowest BCUT2D eigenvalue weighted by Gasteiger charge is -2.31. The summed E-state index contributed by atoms with van der Waals surface area (Å²) >= 11 is 4.07. The average Bonchev–Trinajstić information content (AvgIpc) is 3.22. The van der Waals surface area contributed by atoms with Crippen LogP contribution in [0.4, 0.5) is 5.69 Å². The van der Waals surface area contributed by atoms with Gasteiger partial charge in [0.25, 0.3) is 5.91 Å². The Morgan fingerprint density at radius 1 is 1.24 bits per heavy atom. The molecule has 132 valence electrons. The highest BCUT2D eigenvalue weighted by Gasteiger charge is 2.45. The molecule has 0 unspecified atom stereocenters. The third-order valence-corrected chi connectivity index (χ3v) is 8.62. The highest BCUT2D eigenvalue weighted by molar-refractivity contribution is 8.20. The van der Waals surface area contributed by atoms with Crippen LogP contribution in [0.25, 0.3) is 0 Å². The zero-order valence-electron chi connectivity index (χ0n) is 14.7. The third-order valence-electron chi connectivity index (χ3n) is 5.09. The zero-order valence-corrected chi connectivity index (χ0v) is 16.3. The van der Waals surface area contributed by atoms with E-state index in [1.54, 1.807) is 4.90 Å². The number of para-hydroxylation sites is 1. The van der Waals surface area contributed by atoms with Gasteiger partial charge in [-0.3, -0.25) is 4.79 Å². The summed E-state index contributed by atoms with van der Waals surface area (Å²) in [6.45, 7) is 4.70. The summed E-state index contributed by atoms with van der Waals surface area (Å²) in [6, 6.07) is 9.85. The Morgan fingerprint density at radius 3 is 2.64 bits per heavy atom. The molecule has 0 bridgehead atoms. The van der Waals surface area contributed by atoms with Gasteiger partial charge in [-0.05, 0) is 38.8 Å². The van der Waals surface area contributed by atoms with Crippen molar-refractivity contribution in [3.8, 4) is 0 Å². The van der Waals surface area contributed by atoms with Gasteiger partial charge in [0, 0.05) is 41.3 Å². The first-order valence-electron chi connectivity index (χ1n) is 8.94. The Hall–Kier alpha value is -1.33. The van der Waals surface area contributed by atoms with Crippen LogP contribution in [0, 0.1) is 6.92 Å². The molecular formula is C20H23NO2S2. The highest BCUT2D eigenvalue weighted by atomic mass is 32.2. The molecule has 1 aromatic heterocycles. The summed E-state index contributed by atoms with van der Waals surface area (Å²) in [5, 5.41) is 0. The van der Waals surface area contributed by atoms with Crippen molar-refractivity contribution in [3.63, 3.8) is 0 Å². The molecule has 25 heavy (non-hydrogen) atoms. The SMILES string of the molecule is CCN(C(=O)c1oc2c(c1C)C1(CCC2)SCCS1)c1ccccc1. The molecule has 0 radical (unpaired) electrons. The van der Waals surface area contributed by atoms with E-state index in [1.807, 2.05) is 60.8 Å². The predicted octanol–water partition coefficient (Wildman–Crippen LogP) is 5.22. The molecule has 1 aliphatic heterocycles. The van der Waals surface area contributed by atoms with Crippen molar-refractivity contribution in [1.29, 1.82) is 0 Å². The fraction of sp³-hybridized carbons (Fsp3) is 0.450. The molecule has 1 amide bonds. The maximum Gasteiger partial charge on any atom is 0.294 e. The molecule has 2 aromatic rings. The molecule has 2 heterocycles. The number of rotatable bonds is 3. The summed E-state index contributed by atoms with van der Waals surface area (Å²) in [6.07, 6.45) is 3.27. The smallest absolute Gasteiger partial charge is 0.294 e. The van der Waals surface area contributed by atoms with Gasteiger partial charge in [0.2, 0.25) is 0 Å². The van der Waals surface area contributed by atoms with Crippen LogP contribution in [0.5, 0.6) is 0 Å². The second-order valence-corrected chi connectivity index (χ2v) is 9.59. The Morgan fingerprint density at radius 2 is 1.96 bits per heavy atom. The van der Waals surface area contributed by atoms with E-state index in [0.29, 0.717) is 12.3 Å². The molecule has 3 nitrogen and oxygen atoms in total. The lowest BCUT2D eigenvalue weighted by molar-refractivity contribution is 0.0959. The number of hydrogen-bond donors (Lipinski definition) is 0. The van der Waals surface area contributed by atoms with Gasteiger partial charge >= 0.3 is 0 Å². The minimum Gasteiger partial charge on any atom is -0.455 e. The van der Waals surface area contributed by atoms with Crippen molar-refractivity contribution < 1.29 is 9.21 Å². The van der Waals surface area contributed by atoms with Crippen LogP contribution in [-0.2, 0) is 10.5 Å². The van der Waals surface area contributed by atoms with Gasteiger partial charge in [-0.15, -0.1) is 23.5 Å². The van der Waals surface area contributed by atoms with Gasteiger partial charge in [0.15, 0.2) is 5.76 Å². The second-order valence-electron chi connectivity index (χ2n) is 6.54. The Balaban J connectivity index is 1.74. The molecule has 1 spiro atoms. The number of amides is 1. The van der Waals surface area contributed by atoms with Crippen LogP contribution >= 0.6 is 23.5 Å². The van der Waals surface area contributed by atoms with Crippen molar-refractivity contribution >= 4 is 35.1 Å². The van der Waals surface area contributed by atoms with Crippen LogP contribution in [0.15, 0.2) is 34.7 Å². The van der Waals surface area contributed by atoms with E-state index in [-0.39, 0.29) is 9.99 Å². The minimum absolute atomic E-state index is 0.0243. The number of thioether (sulfide) groups is 2. The number of nitrogens with zero attached hydrogens (tertiary/aromatic N) is 1. The van der Waals surface area contributed by atoms with Crippen molar-refractivity contribution in [2.24, 2.45) is 0 Å². The van der Waals surface area contributed by atoms with Crippen molar-refractivity contribution in [1.82, 2.24) is 0 Å². The van der Waals surface area contributed by atoms with Gasteiger partial charge < -0.3 is 9.32 Å². The topological polar surface area (TPSA) is 33.5 Å². The lowest BCUT2D eigenvalue weighted by atomic mass is 9.94. The zero-order chi connectivity index (χ0) is 17.4. The van der Waals surface area contributed by atoms with E-state index >= 15 is 0 Å². The molecule has 2 aliphatic rings. The van der Waals surface area contributed by atoms with Gasteiger partial charge in [-0.1, -0.05) is 18.2 Å². The normalized spacial score (nSPS) is 18.3. The number of carbonyl (C=O) groups excluding carboxylic acids is 1. The van der Waals surface area contributed by atoms with Gasteiger partial charge in [0.1, 0.15) is 5.76 Å². The minimum atomic E-state index is -0.0243. The third kappa shape index (κ3) is 2.81. The summed E-state index contributed by atoms with van der Waals surface area (Å²) in [4.78, 5) is 15.0. The summed E-state index contributed by atoms with van der Waals surface area (Å²) in [7, 11) is 0. The largest absolute Gasteiger partial charge is 0.455 e. The molecule has 5 heteroatoms. The molecule has 4 rings (SSSR count). The van der Waals surface area contributed by atoms with Crippen LogP contribution in [-0.4, -0.2) is 24.0 Å². The Kier molecular flexibility index (Phi) is 4.63. The number of fused-ring (bicyclic) bond motifs is 2. The molecule has 0 saturated carbocycles. The first-order valence-corrected chi connectivity index (χ1v) is 10.9. The highest BCUT2D eigenvalue weighted by Crippen LogP contribution is 2.59. The van der Waals surface area contributed by atoms with Crippen LogP contribution in [0.2, 0.25) is 0 Å². The summed E-state index contributed by atoms with van der Waals surface area (Å²) in [5.41, 5.74) is 3.28. The number of anilines is 1. The second kappa shape index (κ2) is 6.76. The molecule has 0 N–H and O–H groups in total. The average molecular weight is 374 g/mol. The number of benzene rings is 1. The first-order chi connectivity index (χ1) is 12.2. The summed E-state index contributed by atoms with van der Waals surface area (Å²) in [5.74, 6) is 3.92. The molecular weight excluding hydrogens is 350 g/mol. The number of hydrogen-bond acceptors (Lipinski definition) is 4. The van der Waals surface area contributed by atoms with Gasteiger partial charge in [0.05, 0.1) is 4.08 Å². The van der Waals surface area contributed by atoms with Crippen LogP contribution < -0.4 is 4.90 Å². The maximum absolute atomic E-state index is 13.2. The van der Waals surface area contributed by atoms with Crippen LogP contribution in [0.1, 0.15) is 47.2 Å². The maximum atomic E-state index is 13.2. The monoisotopic (exact) mass is 373 g/mol. The van der Waals surface area contributed by atoms with Crippen molar-refractivity contribution in [2.45, 2.75) is 37.2 Å². The molecule has 1 fully saturated rings. The van der Waals surface area contributed by atoms with Gasteiger partial charge in [-0.25, -0.2) is 0 Å². The fourth-order valence-electron chi connectivity index (χ4n) is 3.98. The van der Waals surface area contributed by atoms with Crippen LogP contribution in [0.3, 0.4) is 0 Å². The Bertz CT molecular complexity index is 778. The number of aryl methyl sites for hydroxylation is 1. The fourth-order valence-corrected chi connectivity index (χ4v) is 7.53. The molecule has 0 atom stereocenters. The number of furan rings is 1. The number of carbonyl (C=O) groups is 1. The van der Waals surface area contributed by atoms with E-state index in [2.05, 4.69) is 6.92 Å². The quantitative estimate of drug-likeness (QED) is 0.738. The molecule has 1 saturated heterocycles. The standard InChI is InChI=1S/C20H23NO2S2/c1-3-21(15-8-5-4-6-9-15)19(22)18-14(2)17-16(23-18)10-7-11-20(17)24-12-13-25-20/h4-6,8-9H,3,7,10-13H2,1-2H3. The van der Waals surface area contributed by atoms with Crippen molar-refractivity contribution in [2.75, 3.05) is 23.0 Å². The van der Waals surface area contributed by atoms with Gasteiger partial charge in [-0.2, -0.15) is 0 Å². The predicted molar refractivity (Wildman–Crippen MR) is 107 cm³/mol. The Labute approximate surface area is 157 Å². The van der Waals surface area contributed by atoms with E-state index in [1.165, 1.54) is 23.5 Å². The summed E-state index contributed by atoms with van der Waals surface area (Å²) < 4.78 is 6.29. The molecule has 1 aromatic carbocycles. The molecule has 1 aliphatic carbocycles. The van der Waals surface area contributed by atoms with E-state index < -0.39 is 0 Å². The lowest BCUT2D eigenvalue weighted by Crippen LogP contribution is -2.31.